The van der Waals surface area contributed by atoms with Crippen molar-refractivity contribution in [2.45, 2.75) is 13.5 Å². The van der Waals surface area contributed by atoms with Gasteiger partial charge in [0.1, 0.15) is 0 Å². The Bertz CT molecular complexity index is 282. The van der Waals surface area contributed by atoms with Crippen LogP contribution in [0.2, 0.25) is 0 Å². The molecule has 82 valence electrons. The molecule has 2 heteroatoms. The van der Waals surface area contributed by atoms with E-state index in [0.717, 1.165) is 25.3 Å². The normalized spacial score (nSPS) is 10.2. The maximum atomic E-state index is 5.51. The van der Waals surface area contributed by atoms with E-state index in [1.807, 2.05) is 25.1 Å². The quantitative estimate of drug-likeness (QED) is 0.545. The minimum atomic E-state index is 0.690. The van der Waals surface area contributed by atoms with Gasteiger partial charge in [-0.15, -0.1) is 0 Å². The molecular formula is C13H19NO. The summed E-state index contributed by atoms with van der Waals surface area (Å²) in [6.45, 7) is 9.00. The van der Waals surface area contributed by atoms with E-state index < -0.39 is 0 Å². The van der Waals surface area contributed by atoms with Crippen LogP contribution in [-0.2, 0) is 11.3 Å². The van der Waals surface area contributed by atoms with Gasteiger partial charge in [-0.1, -0.05) is 42.5 Å². The number of benzene rings is 1. The summed E-state index contributed by atoms with van der Waals surface area (Å²) in [7, 11) is 0. The SMILES string of the molecule is C=C(C)CNCCOCc1ccccc1. The fraction of sp³-hybridized carbons (Fsp3) is 0.385. The highest BCUT2D eigenvalue weighted by Gasteiger charge is 1.91. The van der Waals surface area contributed by atoms with Crippen molar-refractivity contribution in [1.29, 1.82) is 0 Å². The maximum absolute atomic E-state index is 5.51. The average Bonchev–Trinajstić information content (AvgIpc) is 2.24. The number of ether oxygens (including phenoxy) is 1. The Morgan fingerprint density at radius 1 is 1.33 bits per heavy atom. The van der Waals surface area contributed by atoms with Crippen LogP contribution in [0.25, 0.3) is 0 Å². The number of hydrogen-bond acceptors (Lipinski definition) is 2. The van der Waals surface area contributed by atoms with Crippen LogP contribution >= 0.6 is 0 Å². The third kappa shape index (κ3) is 6.05. The largest absolute Gasteiger partial charge is 0.375 e. The molecule has 15 heavy (non-hydrogen) atoms. The lowest BCUT2D eigenvalue weighted by atomic mass is 10.2. The molecule has 0 bridgehead atoms. The van der Waals surface area contributed by atoms with Gasteiger partial charge in [0.2, 0.25) is 0 Å². The predicted octanol–water partition coefficient (Wildman–Crippen LogP) is 2.37. The highest BCUT2D eigenvalue weighted by Crippen LogP contribution is 1.99. The van der Waals surface area contributed by atoms with Gasteiger partial charge in [-0.2, -0.15) is 0 Å². The van der Waals surface area contributed by atoms with Crippen LogP contribution in [0.1, 0.15) is 12.5 Å². The van der Waals surface area contributed by atoms with Crippen molar-refractivity contribution in [1.82, 2.24) is 5.32 Å². The summed E-state index contributed by atoms with van der Waals surface area (Å²) in [4.78, 5) is 0. The van der Waals surface area contributed by atoms with Gasteiger partial charge in [0, 0.05) is 13.1 Å². The van der Waals surface area contributed by atoms with Crippen LogP contribution in [0.15, 0.2) is 42.5 Å². The molecule has 0 atom stereocenters. The molecule has 2 nitrogen and oxygen atoms in total. The fourth-order valence-corrected chi connectivity index (χ4v) is 1.21. The van der Waals surface area contributed by atoms with Gasteiger partial charge >= 0.3 is 0 Å². The van der Waals surface area contributed by atoms with Crippen LogP contribution in [0.3, 0.4) is 0 Å². The molecule has 0 heterocycles. The molecule has 1 N–H and O–H groups in total. The molecule has 0 aliphatic rings. The van der Waals surface area contributed by atoms with Crippen molar-refractivity contribution >= 4 is 0 Å². The van der Waals surface area contributed by atoms with Crippen molar-refractivity contribution in [3.63, 3.8) is 0 Å². The Balaban J connectivity index is 2.00. The molecule has 0 fully saturated rings. The first-order valence-corrected chi connectivity index (χ1v) is 5.26. The summed E-state index contributed by atoms with van der Waals surface area (Å²) in [6.07, 6.45) is 0. The monoisotopic (exact) mass is 205 g/mol. The van der Waals surface area contributed by atoms with E-state index in [1.54, 1.807) is 0 Å². The molecule has 0 aliphatic carbocycles. The summed E-state index contributed by atoms with van der Waals surface area (Å²) in [6, 6.07) is 10.2. The highest BCUT2D eigenvalue weighted by atomic mass is 16.5. The summed E-state index contributed by atoms with van der Waals surface area (Å²) >= 11 is 0. The zero-order chi connectivity index (χ0) is 10.9. The number of hydrogen-bond donors (Lipinski definition) is 1. The van der Waals surface area contributed by atoms with Gasteiger partial charge in [0.25, 0.3) is 0 Å². The summed E-state index contributed by atoms with van der Waals surface area (Å²) < 4.78 is 5.51. The average molecular weight is 205 g/mol. The minimum Gasteiger partial charge on any atom is -0.375 e. The van der Waals surface area contributed by atoms with Crippen LogP contribution < -0.4 is 5.32 Å². The lowest BCUT2D eigenvalue weighted by Gasteiger charge is -2.05. The first-order chi connectivity index (χ1) is 7.29. The molecule has 0 spiro atoms. The van der Waals surface area contributed by atoms with Gasteiger partial charge in [-0.25, -0.2) is 0 Å². The van der Waals surface area contributed by atoms with Crippen LogP contribution in [0, 0.1) is 0 Å². The third-order valence-electron chi connectivity index (χ3n) is 1.96. The molecule has 1 rings (SSSR count). The smallest absolute Gasteiger partial charge is 0.0717 e. The number of rotatable bonds is 7. The first kappa shape index (κ1) is 12.0. The molecule has 0 amide bonds. The molecule has 1 aromatic carbocycles. The lowest BCUT2D eigenvalue weighted by Crippen LogP contribution is -2.21. The predicted molar refractivity (Wildman–Crippen MR) is 63.8 cm³/mol. The van der Waals surface area contributed by atoms with Crippen molar-refractivity contribution in [3.8, 4) is 0 Å². The van der Waals surface area contributed by atoms with Crippen LogP contribution in [0.4, 0.5) is 0 Å². The molecule has 1 aromatic rings. The van der Waals surface area contributed by atoms with E-state index in [0.29, 0.717) is 6.61 Å². The van der Waals surface area contributed by atoms with Gasteiger partial charge < -0.3 is 10.1 Å². The zero-order valence-electron chi connectivity index (χ0n) is 9.33. The Hall–Kier alpha value is -1.12. The molecule has 0 saturated heterocycles. The summed E-state index contributed by atoms with van der Waals surface area (Å²) in [5.41, 5.74) is 2.37. The van der Waals surface area contributed by atoms with E-state index >= 15 is 0 Å². The van der Waals surface area contributed by atoms with Crippen molar-refractivity contribution < 1.29 is 4.74 Å². The van der Waals surface area contributed by atoms with Gasteiger partial charge in [-0.3, -0.25) is 0 Å². The van der Waals surface area contributed by atoms with E-state index in [-0.39, 0.29) is 0 Å². The first-order valence-electron chi connectivity index (χ1n) is 5.26. The summed E-state index contributed by atoms with van der Waals surface area (Å²) in [5, 5.41) is 3.25. The second-order valence-corrected chi connectivity index (χ2v) is 3.67. The Labute approximate surface area is 92.0 Å². The minimum absolute atomic E-state index is 0.690. The highest BCUT2D eigenvalue weighted by molar-refractivity contribution is 5.13. The maximum Gasteiger partial charge on any atom is 0.0717 e. The molecule has 0 saturated carbocycles. The Morgan fingerprint density at radius 2 is 2.07 bits per heavy atom. The molecule has 0 aliphatic heterocycles. The van der Waals surface area contributed by atoms with Crippen LogP contribution in [-0.4, -0.2) is 19.7 Å². The van der Waals surface area contributed by atoms with Crippen molar-refractivity contribution in [2.75, 3.05) is 19.7 Å². The van der Waals surface area contributed by atoms with E-state index in [2.05, 4.69) is 24.0 Å². The topological polar surface area (TPSA) is 21.3 Å². The third-order valence-corrected chi connectivity index (χ3v) is 1.96. The fourth-order valence-electron chi connectivity index (χ4n) is 1.21. The van der Waals surface area contributed by atoms with Crippen molar-refractivity contribution in [3.05, 3.63) is 48.0 Å². The molecule has 0 unspecified atom stereocenters. The standard InChI is InChI=1S/C13H19NO/c1-12(2)10-14-8-9-15-11-13-6-4-3-5-7-13/h3-7,14H,1,8-11H2,2H3. The second-order valence-electron chi connectivity index (χ2n) is 3.67. The van der Waals surface area contributed by atoms with Gasteiger partial charge in [0.05, 0.1) is 13.2 Å². The van der Waals surface area contributed by atoms with Gasteiger partial charge in [0.15, 0.2) is 0 Å². The molecular weight excluding hydrogens is 186 g/mol. The zero-order valence-corrected chi connectivity index (χ0v) is 9.33. The summed E-state index contributed by atoms with van der Waals surface area (Å²) in [5.74, 6) is 0. The number of nitrogens with one attached hydrogen (secondary N) is 1. The second kappa shape index (κ2) is 7.21. The van der Waals surface area contributed by atoms with E-state index in [9.17, 15) is 0 Å². The van der Waals surface area contributed by atoms with E-state index in [4.69, 9.17) is 4.74 Å². The van der Waals surface area contributed by atoms with Crippen molar-refractivity contribution in [2.24, 2.45) is 0 Å². The Morgan fingerprint density at radius 3 is 2.73 bits per heavy atom. The molecule has 0 radical (unpaired) electrons. The van der Waals surface area contributed by atoms with E-state index in [1.165, 1.54) is 5.56 Å². The van der Waals surface area contributed by atoms with Gasteiger partial charge in [-0.05, 0) is 12.5 Å². The molecule has 0 aromatic heterocycles. The lowest BCUT2D eigenvalue weighted by molar-refractivity contribution is 0.123. The van der Waals surface area contributed by atoms with Crippen LogP contribution in [0.5, 0.6) is 0 Å². The Kier molecular flexibility index (Phi) is 5.74.